The van der Waals surface area contributed by atoms with E-state index in [4.69, 9.17) is 24.3 Å². The minimum absolute atomic E-state index is 0.153. The smallest absolute Gasteiger partial charge is 0.408 e. The second kappa shape index (κ2) is 15.6. The molecule has 5 rings (SSSR count). The van der Waals surface area contributed by atoms with E-state index in [-0.39, 0.29) is 11.7 Å². The van der Waals surface area contributed by atoms with E-state index in [0.717, 1.165) is 23.1 Å². The Morgan fingerprint density at radius 3 is 2.04 bits per heavy atom. The van der Waals surface area contributed by atoms with Gasteiger partial charge >= 0.3 is 12.1 Å². The second-order valence-corrected chi connectivity index (χ2v) is 12.8. The number of hydrogen-bond donors (Lipinski definition) is 2. The number of nitrogens with one attached hydrogen (secondary N) is 2. The molecule has 3 aromatic carbocycles. The molecule has 1 aliphatic rings. The van der Waals surface area contributed by atoms with Crippen LogP contribution in [0.3, 0.4) is 0 Å². The first-order chi connectivity index (χ1) is 23.5. The molecular weight excluding hydrogens is 622 g/mol. The first-order valence-corrected chi connectivity index (χ1v) is 16.4. The molecule has 0 saturated heterocycles. The summed E-state index contributed by atoms with van der Waals surface area (Å²) in [7, 11) is 0. The standard InChI is InChI=1S/C38H43N5O6/c1-6-22-43-35(41-31(42-43)23-26-16-10-7-11-17-26)34-32(39-25(2)44)29(40-37(46)49-38(3,4)5)24-30(47-34)36(45)48-33(27-18-12-8-13-19-27)28-20-14-9-15-21-28/h7-21,24,29,32-34H,6,22-23H2,1-5H3,(H,39,44)(H,40,46)/t29-,32+,34+/m0/s1. The number of alkyl carbamates (subject to hydrolysis) is 1. The number of esters is 1. The Kier molecular flexibility index (Phi) is 11.1. The number of nitrogens with zero attached hydrogens (tertiary/aromatic N) is 3. The van der Waals surface area contributed by atoms with E-state index in [9.17, 15) is 14.4 Å². The molecular formula is C38H43N5O6. The molecule has 0 bridgehead atoms. The Morgan fingerprint density at radius 2 is 1.49 bits per heavy atom. The van der Waals surface area contributed by atoms with Gasteiger partial charge in [0.25, 0.3) is 0 Å². The highest BCUT2D eigenvalue weighted by Crippen LogP contribution is 2.34. The van der Waals surface area contributed by atoms with Gasteiger partial charge in [0.15, 0.2) is 23.9 Å². The van der Waals surface area contributed by atoms with Gasteiger partial charge < -0.3 is 24.8 Å². The number of benzene rings is 3. The van der Waals surface area contributed by atoms with Gasteiger partial charge in [0.1, 0.15) is 5.60 Å². The Hall–Kier alpha value is -5.45. The molecule has 4 aromatic rings. The van der Waals surface area contributed by atoms with E-state index < -0.39 is 42.0 Å². The number of hydrogen-bond acceptors (Lipinski definition) is 8. The van der Waals surface area contributed by atoms with Crippen molar-refractivity contribution in [3.63, 3.8) is 0 Å². The molecule has 1 aliphatic heterocycles. The first-order valence-electron chi connectivity index (χ1n) is 16.4. The van der Waals surface area contributed by atoms with Crippen molar-refractivity contribution in [2.45, 2.75) is 83.9 Å². The van der Waals surface area contributed by atoms with E-state index in [1.54, 1.807) is 25.5 Å². The minimum atomic E-state index is -1.04. The van der Waals surface area contributed by atoms with Crippen LogP contribution in [0.5, 0.6) is 0 Å². The van der Waals surface area contributed by atoms with E-state index in [1.165, 1.54) is 13.0 Å². The highest BCUT2D eigenvalue weighted by Gasteiger charge is 2.43. The number of carbonyl (C=O) groups excluding carboxylic acids is 3. The lowest BCUT2D eigenvalue weighted by Gasteiger charge is -2.37. The molecule has 0 unspecified atom stereocenters. The average molecular weight is 666 g/mol. The van der Waals surface area contributed by atoms with Gasteiger partial charge in [-0.2, -0.15) is 5.10 Å². The van der Waals surface area contributed by atoms with E-state index >= 15 is 0 Å². The lowest BCUT2D eigenvalue weighted by molar-refractivity contribution is -0.149. The molecule has 3 atom stereocenters. The fourth-order valence-electron chi connectivity index (χ4n) is 5.60. The van der Waals surface area contributed by atoms with Crippen molar-refractivity contribution < 1.29 is 28.6 Å². The maximum absolute atomic E-state index is 14.1. The highest BCUT2D eigenvalue weighted by atomic mass is 16.6. The van der Waals surface area contributed by atoms with E-state index in [2.05, 4.69) is 10.6 Å². The normalized spacial score (nSPS) is 17.4. The van der Waals surface area contributed by atoms with Crippen LogP contribution in [0.1, 0.15) is 81.6 Å². The molecule has 11 heteroatoms. The summed E-state index contributed by atoms with van der Waals surface area (Å²) in [5, 5.41) is 10.5. The SMILES string of the molecule is CCCn1nc(Cc2ccccc2)nc1[C@@H]1OC(C(=O)OC(c2ccccc2)c2ccccc2)=C[C@H](NC(=O)OC(C)(C)C)[C@H]1NC(C)=O. The van der Waals surface area contributed by atoms with Gasteiger partial charge in [0.05, 0.1) is 12.1 Å². The summed E-state index contributed by atoms with van der Waals surface area (Å²) in [4.78, 5) is 44.7. The Labute approximate surface area is 286 Å². The zero-order valence-corrected chi connectivity index (χ0v) is 28.5. The van der Waals surface area contributed by atoms with Crippen LogP contribution < -0.4 is 10.6 Å². The van der Waals surface area contributed by atoms with Crippen LogP contribution >= 0.6 is 0 Å². The van der Waals surface area contributed by atoms with Crippen molar-refractivity contribution in [2.24, 2.45) is 0 Å². The maximum Gasteiger partial charge on any atom is 0.408 e. The summed E-state index contributed by atoms with van der Waals surface area (Å²) in [5.74, 6) is -0.341. The number of rotatable bonds is 11. The quantitative estimate of drug-likeness (QED) is 0.188. The monoisotopic (exact) mass is 665 g/mol. The predicted molar refractivity (Wildman–Crippen MR) is 183 cm³/mol. The van der Waals surface area contributed by atoms with Crippen LogP contribution in [0.25, 0.3) is 0 Å². The molecule has 0 spiro atoms. The average Bonchev–Trinajstić information content (AvgIpc) is 3.46. The Bertz CT molecular complexity index is 1710. The summed E-state index contributed by atoms with van der Waals surface area (Å²) < 4.78 is 19.9. The summed E-state index contributed by atoms with van der Waals surface area (Å²) >= 11 is 0. The number of ether oxygens (including phenoxy) is 3. The van der Waals surface area contributed by atoms with Crippen molar-refractivity contribution in [1.82, 2.24) is 25.4 Å². The molecule has 0 saturated carbocycles. The third kappa shape index (κ3) is 9.34. The highest BCUT2D eigenvalue weighted by molar-refractivity contribution is 5.87. The summed E-state index contributed by atoms with van der Waals surface area (Å²) in [6, 6.07) is 26.8. The number of aromatic nitrogens is 3. The molecule has 11 nitrogen and oxygen atoms in total. The van der Waals surface area contributed by atoms with Gasteiger partial charge in [-0.1, -0.05) is 97.9 Å². The van der Waals surface area contributed by atoms with Gasteiger partial charge in [-0.05, 0) is 50.0 Å². The van der Waals surface area contributed by atoms with Crippen LogP contribution in [0.2, 0.25) is 0 Å². The molecule has 0 radical (unpaired) electrons. The van der Waals surface area contributed by atoms with E-state index in [1.807, 2.05) is 97.9 Å². The van der Waals surface area contributed by atoms with Gasteiger partial charge in [-0.25, -0.2) is 19.3 Å². The lowest BCUT2D eigenvalue weighted by Crippen LogP contribution is -2.56. The van der Waals surface area contributed by atoms with Gasteiger partial charge in [-0.3, -0.25) is 4.79 Å². The number of amides is 2. The van der Waals surface area contributed by atoms with Gasteiger partial charge in [0.2, 0.25) is 11.7 Å². The zero-order valence-electron chi connectivity index (χ0n) is 28.5. The fraction of sp³-hybridized carbons (Fsp3) is 0.342. The Balaban J connectivity index is 1.56. The number of aryl methyl sites for hydroxylation is 1. The summed E-state index contributed by atoms with van der Waals surface area (Å²) in [6.07, 6.45) is 0.128. The third-order valence-corrected chi connectivity index (χ3v) is 7.62. The number of carbonyl (C=O) groups is 3. The minimum Gasteiger partial charge on any atom is -0.473 e. The largest absolute Gasteiger partial charge is 0.473 e. The summed E-state index contributed by atoms with van der Waals surface area (Å²) in [6.45, 7) is 9.13. The third-order valence-electron chi connectivity index (χ3n) is 7.62. The first kappa shape index (κ1) is 34.9. The van der Waals surface area contributed by atoms with Gasteiger partial charge in [-0.15, -0.1) is 0 Å². The predicted octanol–water partition coefficient (Wildman–Crippen LogP) is 5.96. The second-order valence-electron chi connectivity index (χ2n) is 12.8. The van der Waals surface area contributed by atoms with Crippen LogP contribution in [-0.2, 0) is 36.8 Å². The van der Waals surface area contributed by atoms with Crippen LogP contribution in [0.4, 0.5) is 4.79 Å². The molecule has 256 valence electrons. The molecule has 0 aliphatic carbocycles. The Morgan fingerprint density at radius 1 is 0.898 bits per heavy atom. The molecule has 2 N–H and O–H groups in total. The van der Waals surface area contributed by atoms with Crippen molar-refractivity contribution in [2.75, 3.05) is 0 Å². The van der Waals surface area contributed by atoms with Crippen LogP contribution in [-0.4, -0.2) is 50.4 Å². The van der Waals surface area contributed by atoms with Crippen LogP contribution in [0.15, 0.2) is 103 Å². The van der Waals surface area contributed by atoms with Crippen molar-refractivity contribution in [3.8, 4) is 0 Å². The topological polar surface area (TPSA) is 134 Å². The molecule has 49 heavy (non-hydrogen) atoms. The van der Waals surface area contributed by atoms with Gasteiger partial charge in [0, 0.05) is 19.9 Å². The van der Waals surface area contributed by atoms with Crippen LogP contribution in [0, 0.1) is 0 Å². The van der Waals surface area contributed by atoms with Crippen molar-refractivity contribution in [3.05, 3.63) is 131 Å². The molecule has 0 fully saturated rings. The molecule has 2 amide bonds. The summed E-state index contributed by atoms with van der Waals surface area (Å²) in [5.41, 5.74) is 1.76. The van der Waals surface area contributed by atoms with Crippen molar-refractivity contribution in [1.29, 1.82) is 0 Å². The lowest BCUT2D eigenvalue weighted by atomic mass is 9.97. The van der Waals surface area contributed by atoms with Crippen molar-refractivity contribution >= 4 is 18.0 Å². The zero-order chi connectivity index (χ0) is 35.0. The molecule has 2 heterocycles. The van der Waals surface area contributed by atoms with E-state index in [0.29, 0.717) is 24.6 Å². The fourth-order valence-corrected chi connectivity index (χ4v) is 5.60. The maximum atomic E-state index is 14.1. The molecule has 1 aromatic heterocycles.